The second-order valence-corrected chi connectivity index (χ2v) is 4.18. The third-order valence-electron chi connectivity index (χ3n) is 2.84. The van der Waals surface area contributed by atoms with Crippen LogP contribution in [0.4, 0.5) is 0 Å². The van der Waals surface area contributed by atoms with E-state index in [4.69, 9.17) is 10.8 Å². The molecule has 1 aliphatic rings. The zero-order valence-corrected chi connectivity index (χ0v) is 8.90. The smallest absolute Gasteiger partial charge is 0.306 e. The number of nitrogens with one attached hydrogen (secondary N) is 1. The van der Waals surface area contributed by atoms with E-state index in [0.29, 0.717) is 12.8 Å². The standard InChI is InChI=1S/C10H18N2O3/c1-6(11)9(13)12-8-4-2-7(3-5-8)10(14)15/h6-8H,2-5,11H2,1H3,(H,12,13)(H,14,15). The summed E-state index contributed by atoms with van der Waals surface area (Å²) < 4.78 is 0. The minimum atomic E-state index is -0.730. The van der Waals surface area contributed by atoms with Gasteiger partial charge in [0.15, 0.2) is 0 Å². The van der Waals surface area contributed by atoms with E-state index in [1.54, 1.807) is 6.92 Å². The molecule has 5 nitrogen and oxygen atoms in total. The van der Waals surface area contributed by atoms with Crippen molar-refractivity contribution in [1.29, 1.82) is 0 Å². The van der Waals surface area contributed by atoms with E-state index < -0.39 is 12.0 Å². The third kappa shape index (κ3) is 3.51. The predicted molar refractivity (Wildman–Crippen MR) is 55.2 cm³/mol. The second kappa shape index (κ2) is 5.11. The van der Waals surface area contributed by atoms with Gasteiger partial charge in [-0.25, -0.2) is 0 Å². The van der Waals surface area contributed by atoms with Crippen molar-refractivity contribution in [2.45, 2.75) is 44.7 Å². The van der Waals surface area contributed by atoms with Crippen LogP contribution in [-0.4, -0.2) is 29.1 Å². The predicted octanol–water partition coefficient (Wildman–Crippen LogP) is 0.0932. The maximum atomic E-state index is 11.3. The van der Waals surface area contributed by atoms with Gasteiger partial charge >= 0.3 is 5.97 Å². The van der Waals surface area contributed by atoms with Crippen molar-refractivity contribution in [3.05, 3.63) is 0 Å². The summed E-state index contributed by atoms with van der Waals surface area (Å²) in [4.78, 5) is 22.0. The van der Waals surface area contributed by atoms with Crippen LogP contribution in [0.2, 0.25) is 0 Å². The van der Waals surface area contributed by atoms with Crippen LogP contribution in [0.15, 0.2) is 0 Å². The van der Waals surface area contributed by atoms with E-state index in [0.717, 1.165) is 12.8 Å². The van der Waals surface area contributed by atoms with Gasteiger partial charge in [-0.2, -0.15) is 0 Å². The Morgan fingerprint density at radius 1 is 1.33 bits per heavy atom. The molecule has 1 atom stereocenters. The van der Waals surface area contributed by atoms with Crippen molar-refractivity contribution in [3.63, 3.8) is 0 Å². The van der Waals surface area contributed by atoms with Gasteiger partial charge in [0.25, 0.3) is 0 Å². The normalized spacial score (nSPS) is 28.1. The Hall–Kier alpha value is -1.10. The van der Waals surface area contributed by atoms with Crippen LogP contribution in [0.1, 0.15) is 32.6 Å². The van der Waals surface area contributed by atoms with Gasteiger partial charge in [-0.3, -0.25) is 9.59 Å². The largest absolute Gasteiger partial charge is 0.481 e. The van der Waals surface area contributed by atoms with Gasteiger partial charge < -0.3 is 16.2 Å². The van der Waals surface area contributed by atoms with Crippen LogP contribution in [0.5, 0.6) is 0 Å². The summed E-state index contributed by atoms with van der Waals surface area (Å²) in [5, 5.41) is 11.6. The van der Waals surface area contributed by atoms with E-state index in [-0.39, 0.29) is 17.9 Å². The highest BCUT2D eigenvalue weighted by molar-refractivity contribution is 5.81. The summed E-state index contributed by atoms with van der Waals surface area (Å²) in [7, 11) is 0. The fraction of sp³-hybridized carbons (Fsp3) is 0.800. The molecule has 1 amide bonds. The lowest BCUT2D eigenvalue weighted by molar-refractivity contribution is -0.142. The molecule has 86 valence electrons. The van der Waals surface area contributed by atoms with Gasteiger partial charge in [0, 0.05) is 6.04 Å². The molecule has 15 heavy (non-hydrogen) atoms. The fourth-order valence-electron chi connectivity index (χ4n) is 1.82. The van der Waals surface area contributed by atoms with Crippen molar-refractivity contribution in [2.24, 2.45) is 11.7 Å². The van der Waals surface area contributed by atoms with Crippen molar-refractivity contribution in [1.82, 2.24) is 5.32 Å². The van der Waals surface area contributed by atoms with Crippen LogP contribution in [-0.2, 0) is 9.59 Å². The minimum absolute atomic E-state index is 0.0964. The second-order valence-electron chi connectivity index (χ2n) is 4.18. The molecule has 1 saturated carbocycles. The Kier molecular flexibility index (Phi) is 4.08. The molecule has 0 aliphatic heterocycles. The van der Waals surface area contributed by atoms with Crippen LogP contribution < -0.4 is 11.1 Å². The van der Waals surface area contributed by atoms with E-state index in [1.165, 1.54) is 0 Å². The molecule has 0 heterocycles. The molecule has 1 unspecified atom stereocenters. The van der Waals surface area contributed by atoms with Crippen LogP contribution >= 0.6 is 0 Å². The number of hydrogen-bond donors (Lipinski definition) is 3. The Balaban J connectivity index is 2.32. The number of aliphatic carboxylic acids is 1. The monoisotopic (exact) mass is 214 g/mol. The van der Waals surface area contributed by atoms with Crippen LogP contribution in [0.3, 0.4) is 0 Å². The maximum Gasteiger partial charge on any atom is 0.306 e. The first-order chi connectivity index (χ1) is 7.00. The molecule has 0 saturated heterocycles. The van der Waals surface area contributed by atoms with Crippen molar-refractivity contribution >= 4 is 11.9 Å². The molecule has 1 fully saturated rings. The van der Waals surface area contributed by atoms with Crippen molar-refractivity contribution in [3.8, 4) is 0 Å². The summed E-state index contributed by atoms with van der Waals surface area (Å²) >= 11 is 0. The number of hydrogen-bond acceptors (Lipinski definition) is 3. The Labute approximate surface area is 89.0 Å². The number of carboxylic acid groups (broad SMARTS) is 1. The molecular formula is C10H18N2O3. The Morgan fingerprint density at radius 3 is 2.27 bits per heavy atom. The molecule has 1 aliphatic carbocycles. The topological polar surface area (TPSA) is 92.4 Å². The average Bonchev–Trinajstić information content (AvgIpc) is 2.18. The summed E-state index contributed by atoms with van der Waals surface area (Å²) in [6.45, 7) is 1.64. The SMILES string of the molecule is CC(N)C(=O)NC1CCC(C(=O)O)CC1. The van der Waals surface area contributed by atoms with Gasteiger partial charge in [-0.15, -0.1) is 0 Å². The van der Waals surface area contributed by atoms with Gasteiger partial charge in [0.1, 0.15) is 0 Å². The number of nitrogens with two attached hydrogens (primary N) is 1. The zero-order chi connectivity index (χ0) is 11.4. The van der Waals surface area contributed by atoms with Gasteiger partial charge in [0.05, 0.1) is 12.0 Å². The van der Waals surface area contributed by atoms with E-state index in [9.17, 15) is 9.59 Å². The fourth-order valence-corrected chi connectivity index (χ4v) is 1.82. The quantitative estimate of drug-likeness (QED) is 0.621. The molecule has 0 aromatic rings. The molecule has 0 aromatic heterocycles. The number of rotatable bonds is 3. The first-order valence-corrected chi connectivity index (χ1v) is 5.29. The van der Waals surface area contributed by atoms with E-state index in [2.05, 4.69) is 5.32 Å². The summed E-state index contributed by atoms with van der Waals surface area (Å²) in [6, 6.07) is -0.402. The lowest BCUT2D eigenvalue weighted by Crippen LogP contribution is -2.45. The first-order valence-electron chi connectivity index (χ1n) is 5.29. The highest BCUT2D eigenvalue weighted by Gasteiger charge is 2.26. The molecule has 0 radical (unpaired) electrons. The molecule has 4 N–H and O–H groups in total. The maximum absolute atomic E-state index is 11.3. The Morgan fingerprint density at radius 2 is 1.87 bits per heavy atom. The lowest BCUT2D eigenvalue weighted by Gasteiger charge is -2.27. The zero-order valence-electron chi connectivity index (χ0n) is 8.90. The van der Waals surface area contributed by atoms with Gasteiger partial charge in [0.2, 0.25) is 5.91 Å². The number of carboxylic acids is 1. The number of carbonyl (C=O) groups is 2. The molecule has 0 spiro atoms. The number of amides is 1. The van der Waals surface area contributed by atoms with Gasteiger partial charge in [-0.1, -0.05) is 0 Å². The third-order valence-corrected chi connectivity index (χ3v) is 2.84. The minimum Gasteiger partial charge on any atom is -0.481 e. The van der Waals surface area contributed by atoms with Gasteiger partial charge in [-0.05, 0) is 32.6 Å². The first kappa shape index (κ1) is 12.0. The molecule has 0 bridgehead atoms. The summed E-state index contributed by atoms with van der Waals surface area (Å²) in [5.74, 6) is -1.13. The van der Waals surface area contributed by atoms with Crippen molar-refractivity contribution < 1.29 is 14.7 Å². The molecule has 5 heteroatoms. The average molecular weight is 214 g/mol. The highest BCUT2D eigenvalue weighted by atomic mass is 16.4. The molecule has 1 rings (SSSR count). The molecular weight excluding hydrogens is 196 g/mol. The van der Waals surface area contributed by atoms with Crippen LogP contribution in [0.25, 0.3) is 0 Å². The van der Waals surface area contributed by atoms with Crippen molar-refractivity contribution in [2.75, 3.05) is 0 Å². The number of carbonyl (C=O) groups excluding carboxylic acids is 1. The summed E-state index contributed by atoms with van der Waals surface area (Å²) in [5.41, 5.74) is 5.42. The molecule has 0 aromatic carbocycles. The lowest BCUT2D eigenvalue weighted by atomic mass is 9.86. The van der Waals surface area contributed by atoms with E-state index >= 15 is 0 Å². The Bertz CT molecular complexity index is 245. The summed E-state index contributed by atoms with van der Waals surface area (Å²) in [6.07, 6.45) is 2.74. The highest BCUT2D eigenvalue weighted by Crippen LogP contribution is 2.24. The van der Waals surface area contributed by atoms with Crippen LogP contribution in [0, 0.1) is 5.92 Å². The van der Waals surface area contributed by atoms with E-state index in [1.807, 2.05) is 0 Å².